The van der Waals surface area contributed by atoms with E-state index in [1.807, 2.05) is 0 Å². The SMILES string of the molecule is COc1cc(OC=O)cc(OC)c1O. The van der Waals surface area contributed by atoms with Gasteiger partial charge in [-0.1, -0.05) is 0 Å². The van der Waals surface area contributed by atoms with E-state index in [0.717, 1.165) is 0 Å². The van der Waals surface area contributed by atoms with Crippen LogP contribution in [0.15, 0.2) is 12.1 Å². The number of hydrogen-bond donors (Lipinski definition) is 1. The van der Waals surface area contributed by atoms with Gasteiger partial charge < -0.3 is 19.3 Å². The molecule has 0 aliphatic rings. The van der Waals surface area contributed by atoms with Crippen LogP contribution in [0.25, 0.3) is 0 Å². The van der Waals surface area contributed by atoms with Crippen molar-refractivity contribution >= 4 is 6.47 Å². The van der Waals surface area contributed by atoms with Gasteiger partial charge in [0.15, 0.2) is 11.5 Å². The average Bonchev–Trinajstić information content (AvgIpc) is 2.20. The Hall–Kier alpha value is -1.91. The van der Waals surface area contributed by atoms with E-state index in [0.29, 0.717) is 0 Å². The van der Waals surface area contributed by atoms with Crippen molar-refractivity contribution < 1.29 is 24.1 Å². The van der Waals surface area contributed by atoms with E-state index in [9.17, 15) is 9.90 Å². The Morgan fingerprint density at radius 1 is 1.21 bits per heavy atom. The second kappa shape index (κ2) is 4.36. The number of rotatable bonds is 4. The molecule has 0 spiro atoms. The van der Waals surface area contributed by atoms with Crippen LogP contribution in [0, 0.1) is 0 Å². The van der Waals surface area contributed by atoms with E-state index in [-0.39, 0.29) is 29.5 Å². The highest BCUT2D eigenvalue weighted by Crippen LogP contribution is 2.39. The van der Waals surface area contributed by atoms with Crippen molar-refractivity contribution in [2.24, 2.45) is 0 Å². The fraction of sp³-hybridized carbons (Fsp3) is 0.222. The molecule has 14 heavy (non-hydrogen) atoms. The van der Waals surface area contributed by atoms with Gasteiger partial charge in [0, 0.05) is 12.1 Å². The molecular weight excluding hydrogens is 188 g/mol. The molecule has 0 bridgehead atoms. The van der Waals surface area contributed by atoms with E-state index in [4.69, 9.17) is 9.47 Å². The van der Waals surface area contributed by atoms with Crippen molar-refractivity contribution in [1.82, 2.24) is 0 Å². The minimum absolute atomic E-state index is 0.131. The van der Waals surface area contributed by atoms with Gasteiger partial charge in [0.1, 0.15) is 5.75 Å². The first-order chi connectivity index (χ1) is 6.72. The first-order valence-corrected chi connectivity index (χ1v) is 3.78. The summed E-state index contributed by atoms with van der Waals surface area (Å²) in [7, 11) is 2.78. The lowest BCUT2D eigenvalue weighted by atomic mass is 10.2. The molecule has 0 atom stereocenters. The van der Waals surface area contributed by atoms with Gasteiger partial charge in [0.2, 0.25) is 5.75 Å². The lowest BCUT2D eigenvalue weighted by Crippen LogP contribution is -1.93. The van der Waals surface area contributed by atoms with Crippen LogP contribution in [-0.2, 0) is 4.79 Å². The largest absolute Gasteiger partial charge is 0.502 e. The van der Waals surface area contributed by atoms with E-state index in [1.165, 1.54) is 26.4 Å². The highest BCUT2D eigenvalue weighted by molar-refractivity contribution is 5.57. The second-order valence-electron chi connectivity index (χ2n) is 2.39. The molecule has 0 aromatic heterocycles. The van der Waals surface area contributed by atoms with Crippen LogP contribution < -0.4 is 14.2 Å². The smallest absolute Gasteiger partial charge is 0.298 e. The third kappa shape index (κ3) is 1.87. The summed E-state index contributed by atoms with van der Waals surface area (Å²) >= 11 is 0. The predicted octanol–water partition coefficient (Wildman–Crippen LogP) is 0.945. The third-order valence-corrected chi connectivity index (χ3v) is 1.64. The minimum Gasteiger partial charge on any atom is -0.502 e. The predicted molar refractivity (Wildman–Crippen MR) is 47.9 cm³/mol. The van der Waals surface area contributed by atoms with E-state index < -0.39 is 0 Å². The summed E-state index contributed by atoms with van der Waals surface area (Å²) in [4.78, 5) is 10.1. The first kappa shape index (κ1) is 10.2. The molecule has 0 aliphatic heterocycles. The van der Waals surface area contributed by atoms with E-state index in [2.05, 4.69) is 4.74 Å². The van der Waals surface area contributed by atoms with Crippen LogP contribution >= 0.6 is 0 Å². The Bertz CT molecular complexity index is 309. The zero-order chi connectivity index (χ0) is 10.6. The van der Waals surface area contributed by atoms with Crippen LogP contribution in [0.2, 0.25) is 0 Å². The summed E-state index contributed by atoms with van der Waals surface area (Å²) in [6.07, 6.45) is 0. The standard InChI is InChI=1S/C9H10O5/c1-12-7-3-6(14-5-10)4-8(13-2)9(7)11/h3-5,11H,1-2H3. The molecule has 0 aliphatic carbocycles. The summed E-state index contributed by atoms with van der Waals surface area (Å²) in [6.45, 7) is 0.283. The Labute approximate surface area is 80.8 Å². The number of methoxy groups -OCH3 is 2. The number of phenolic OH excluding ortho intramolecular Hbond substituents is 1. The molecule has 0 unspecified atom stereocenters. The quantitative estimate of drug-likeness (QED) is 0.729. The fourth-order valence-corrected chi connectivity index (χ4v) is 0.993. The zero-order valence-corrected chi connectivity index (χ0v) is 7.81. The molecule has 1 rings (SSSR count). The number of benzene rings is 1. The molecule has 1 N–H and O–H groups in total. The van der Waals surface area contributed by atoms with Gasteiger partial charge in [0.05, 0.1) is 14.2 Å². The summed E-state index contributed by atoms with van der Waals surface area (Å²) in [5.74, 6) is 0.474. The second-order valence-corrected chi connectivity index (χ2v) is 2.39. The van der Waals surface area contributed by atoms with Gasteiger partial charge in [0.25, 0.3) is 6.47 Å². The van der Waals surface area contributed by atoms with Crippen molar-refractivity contribution in [2.75, 3.05) is 14.2 Å². The van der Waals surface area contributed by atoms with Crippen molar-refractivity contribution in [2.45, 2.75) is 0 Å². The maximum absolute atomic E-state index is 10.1. The monoisotopic (exact) mass is 198 g/mol. The average molecular weight is 198 g/mol. The van der Waals surface area contributed by atoms with Crippen LogP contribution in [0.3, 0.4) is 0 Å². The van der Waals surface area contributed by atoms with Crippen LogP contribution in [0.5, 0.6) is 23.0 Å². The van der Waals surface area contributed by atoms with E-state index in [1.54, 1.807) is 0 Å². The molecule has 1 aromatic rings. The molecule has 1 aromatic carbocycles. The minimum atomic E-state index is -0.131. The van der Waals surface area contributed by atoms with Crippen molar-refractivity contribution in [1.29, 1.82) is 0 Å². The molecular formula is C9H10O5. The maximum Gasteiger partial charge on any atom is 0.298 e. The third-order valence-electron chi connectivity index (χ3n) is 1.64. The van der Waals surface area contributed by atoms with Gasteiger partial charge in [-0.2, -0.15) is 0 Å². The van der Waals surface area contributed by atoms with Gasteiger partial charge in [-0.15, -0.1) is 0 Å². The number of ether oxygens (including phenoxy) is 3. The summed E-state index contributed by atoms with van der Waals surface area (Å²) < 4.78 is 14.3. The molecule has 0 saturated heterocycles. The Morgan fingerprint density at radius 3 is 2.07 bits per heavy atom. The zero-order valence-electron chi connectivity index (χ0n) is 7.81. The molecule has 0 heterocycles. The lowest BCUT2D eigenvalue weighted by Gasteiger charge is -2.09. The number of aromatic hydroxyl groups is 1. The number of carbonyl (C=O) groups excluding carboxylic acids is 1. The Kier molecular flexibility index (Phi) is 3.17. The van der Waals surface area contributed by atoms with Gasteiger partial charge in [-0.25, -0.2) is 0 Å². The highest BCUT2D eigenvalue weighted by atomic mass is 16.5. The molecule has 0 fully saturated rings. The summed E-state index contributed by atoms with van der Waals surface area (Å²) in [5.41, 5.74) is 0. The van der Waals surface area contributed by atoms with Crippen molar-refractivity contribution in [3.05, 3.63) is 12.1 Å². The number of carbonyl (C=O) groups is 1. The number of hydrogen-bond acceptors (Lipinski definition) is 5. The van der Waals surface area contributed by atoms with Crippen molar-refractivity contribution in [3.8, 4) is 23.0 Å². The molecule has 5 nitrogen and oxygen atoms in total. The van der Waals surface area contributed by atoms with Crippen LogP contribution in [-0.4, -0.2) is 25.8 Å². The summed E-state index contributed by atoms with van der Waals surface area (Å²) in [5, 5.41) is 9.49. The normalized spacial score (nSPS) is 9.29. The molecule has 0 amide bonds. The van der Waals surface area contributed by atoms with Gasteiger partial charge >= 0.3 is 0 Å². The van der Waals surface area contributed by atoms with Crippen molar-refractivity contribution in [3.63, 3.8) is 0 Å². The highest BCUT2D eigenvalue weighted by Gasteiger charge is 2.11. The molecule has 76 valence electrons. The first-order valence-electron chi connectivity index (χ1n) is 3.78. The molecule has 0 saturated carbocycles. The summed E-state index contributed by atoms with van der Waals surface area (Å²) in [6, 6.07) is 2.76. The molecule has 0 radical (unpaired) electrons. The Balaban J connectivity index is 3.17. The van der Waals surface area contributed by atoms with E-state index >= 15 is 0 Å². The van der Waals surface area contributed by atoms with Gasteiger partial charge in [-0.3, -0.25) is 4.79 Å². The number of phenols is 1. The maximum atomic E-state index is 10.1. The Morgan fingerprint density at radius 2 is 1.71 bits per heavy atom. The topological polar surface area (TPSA) is 65.0 Å². The fourth-order valence-electron chi connectivity index (χ4n) is 0.993. The lowest BCUT2D eigenvalue weighted by molar-refractivity contribution is -0.120. The van der Waals surface area contributed by atoms with Crippen LogP contribution in [0.1, 0.15) is 0 Å². The molecule has 5 heteroatoms. The van der Waals surface area contributed by atoms with Crippen LogP contribution in [0.4, 0.5) is 0 Å². The van der Waals surface area contributed by atoms with Gasteiger partial charge in [-0.05, 0) is 0 Å².